The van der Waals surface area contributed by atoms with Gasteiger partial charge >= 0.3 is 0 Å². The molecule has 0 aliphatic carbocycles. The average Bonchev–Trinajstić information content (AvgIpc) is 2.75. The van der Waals surface area contributed by atoms with E-state index in [4.69, 9.17) is 0 Å². The molecule has 2 aliphatic heterocycles. The number of anilines is 1. The van der Waals surface area contributed by atoms with Crippen molar-refractivity contribution in [3.63, 3.8) is 0 Å². The Bertz CT molecular complexity index is 549. The number of nitrogens with one attached hydrogen (secondary N) is 2. The third-order valence-electron chi connectivity index (χ3n) is 4.57. The third kappa shape index (κ3) is 3.23. The highest BCUT2D eigenvalue weighted by atomic mass is 19.1. The van der Waals surface area contributed by atoms with Crippen LogP contribution in [0, 0.1) is 24.5 Å². The van der Waals surface area contributed by atoms with E-state index in [1.165, 1.54) is 19.8 Å². The van der Waals surface area contributed by atoms with Crippen LogP contribution < -0.4 is 10.6 Å². The van der Waals surface area contributed by atoms with E-state index in [1.807, 2.05) is 0 Å². The highest BCUT2D eigenvalue weighted by Crippen LogP contribution is 2.33. The molecule has 2 N–H and O–H groups in total. The summed E-state index contributed by atoms with van der Waals surface area (Å²) in [5, 5.41) is 6.03. The number of rotatable bonds is 3. The van der Waals surface area contributed by atoms with Crippen molar-refractivity contribution in [2.45, 2.75) is 51.1 Å². The smallest absolute Gasteiger partial charge is 0.224 e. The zero-order valence-corrected chi connectivity index (χ0v) is 12.1. The van der Waals surface area contributed by atoms with Gasteiger partial charge in [0, 0.05) is 24.6 Å². The van der Waals surface area contributed by atoms with Crippen LogP contribution in [-0.2, 0) is 4.79 Å². The third-order valence-corrected chi connectivity index (χ3v) is 4.57. The predicted molar refractivity (Wildman–Crippen MR) is 77.0 cm³/mol. The summed E-state index contributed by atoms with van der Waals surface area (Å²) in [4.78, 5) is 12.0. The molecule has 2 unspecified atom stereocenters. The minimum absolute atomic E-state index is 0.0694. The van der Waals surface area contributed by atoms with E-state index in [9.17, 15) is 13.6 Å². The van der Waals surface area contributed by atoms with Crippen molar-refractivity contribution in [1.29, 1.82) is 0 Å². The maximum Gasteiger partial charge on any atom is 0.224 e. The lowest BCUT2D eigenvalue weighted by molar-refractivity contribution is -0.117. The molecular formula is C16H20F2N2O. The van der Waals surface area contributed by atoms with E-state index < -0.39 is 11.6 Å². The fraction of sp³-hybridized carbons (Fsp3) is 0.562. The molecule has 2 fully saturated rings. The van der Waals surface area contributed by atoms with Crippen molar-refractivity contribution in [3.8, 4) is 0 Å². The standard InChI is InChI=1S/C16H20F2N2O/c1-9-4-14(18)15(8-13(9)17)20-16(21)7-10-5-11-2-3-12(6-10)19-11/h4,8,10-12,19H,2-3,5-7H2,1H3,(H,20,21). The van der Waals surface area contributed by atoms with Crippen molar-refractivity contribution >= 4 is 11.6 Å². The van der Waals surface area contributed by atoms with E-state index in [-0.39, 0.29) is 17.2 Å². The number of hydrogen-bond acceptors (Lipinski definition) is 2. The Labute approximate surface area is 123 Å². The van der Waals surface area contributed by atoms with Gasteiger partial charge in [0.2, 0.25) is 5.91 Å². The van der Waals surface area contributed by atoms with Crippen LogP contribution in [-0.4, -0.2) is 18.0 Å². The van der Waals surface area contributed by atoms with Gasteiger partial charge in [-0.3, -0.25) is 4.79 Å². The lowest BCUT2D eigenvalue weighted by atomic mass is 9.89. The molecule has 3 nitrogen and oxygen atoms in total. The normalized spacial score (nSPS) is 27.7. The number of carbonyl (C=O) groups is 1. The van der Waals surface area contributed by atoms with Crippen LogP contribution in [0.1, 0.15) is 37.7 Å². The van der Waals surface area contributed by atoms with Gasteiger partial charge in [-0.15, -0.1) is 0 Å². The van der Waals surface area contributed by atoms with E-state index in [0.717, 1.165) is 25.0 Å². The van der Waals surface area contributed by atoms with Crippen molar-refractivity contribution < 1.29 is 13.6 Å². The van der Waals surface area contributed by atoms with Crippen LogP contribution in [0.2, 0.25) is 0 Å². The topological polar surface area (TPSA) is 41.1 Å². The fourth-order valence-corrected chi connectivity index (χ4v) is 3.55. The quantitative estimate of drug-likeness (QED) is 0.899. The largest absolute Gasteiger partial charge is 0.324 e. The summed E-state index contributed by atoms with van der Waals surface area (Å²) in [6.07, 6.45) is 4.73. The van der Waals surface area contributed by atoms with Gasteiger partial charge in [-0.25, -0.2) is 8.78 Å². The summed E-state index contributed by atoms with van der Waals surface area (Å²) < 4.78 is 27.2. The first kappa shape index (κ1) is 14.4. The highest BCUT2D eigenvalue weighted by Gasteiger charge is 2.34. The van der Waals surface area contributed by atoms with E-state index in [2.05, 4.69) is 10.6 Å². The van der Waals surface area contributed by atoms with E-state index >= 15 is 0 Å². The van der Waals surface area contributed by atoms with Gasteiger partial charge < -0.3 is 10.6 Å². The monoisotopic (exact) mass is 294 g/mol. The zero-order chi connectivity index (χ0) is 15.0. The van der Waals surface area contributed by atoms with Crippen LogP contribution in [0.15, 0.2) is 12.1 Å². The molecule has 0 spiro atoms. The Morgan fingerprint density at radius 1 is 1.24 bits per heavy atom. The highest BCUT2D eigenvalue weighted by molar-refractivity contribution is 5.91. The second-order valence-electron chi connectivity index (χ2n) is 6.31. The molecule has 0 radical (unpaired) electrons. The second-order valence-corrected chi connectivity index (χ2v) is 6.31. The minimum atomic E-state index is -0.590. The molecule has 1 aromatic rings. The number of fused-ring (bicyclic) bond motifs is 2. The van der Waals surface area contributed by atoms with Gasteiger partial charge in [0.1, 0.15) is 11.6 Å². The molecule has 2 heterocycles. The van der Waals surface area contributed by atoms with Gasteiger partial charge in [-0.1, -0.05) is 0 Å². The van der Waals surface area contributed by atoms with Crippen LogP contribution in [0.3, 0.4) is 0 Å². The summed E-state index contributed by atoms with van der Waals surface area (Å²) in [7, 11) is 0. The lowest BCUT2D eigenvalue weighted by Crippen LogP contribution is -2.39. The lowest BCUT2D eigenvalue weighted by Gasteiger charge is -2.28. The van der Waals surface area contributed by atoms with Crippen molar-refractivity contribution in [1.82, 2.24) is 5.32 Å². The maximum absolute atomic E-state index is 13.7. The Morgan fingerprint density at radius 2 is 1.90 bits per heavy atom. The molecule has 3 rings (SSSR count). The van der Waals surface area contributed by atoms with Crippen LogP contribution in [0.5, 0.6) is 0 Å². The molecule has 114 valence electrons. The van der Waals surface area contributed by atoms with E-state index in [0.29, 0.717) is 24.4 Å². The number of carbonyl (C=O) groups excluding carboxylic acids is 1. The van der Waals surface area contributed by atoms with Crippen molar-refractivity contribution in [2.24, 2.45) is 5.92 Å². The van der Waals surface area contributed by atoms with Gasteiger partial charge in [0.25, 0.3) is 0 Å². The summed E-state index contributed by atoms with van der Waals surface area (Å²) in [6.45, 7) is 1.49. The molecule has 0 saturated carbocycles. The molecule has 2 atom stereocenters. The summed E-state index contributed by atoms with van der Waals surface area (Å²) in [6, 6.07) is 3.20. The van der Waals surface area contributed by atoms with Crippen LogP contribution >= 0.6 is 0 Å². The van der Waals surface area contributed by atoms with E-state index in [1.54, 1.807) is 0 Å². The molecule has 0 aromatic heterocycles. The van der Waals surface area contributed by atoms with Gasteiger partial charge in [0.05, 0.1) is 5.69 Å². The first-order chi connectivity index (χ1) is 10.0. The average molecular weight is 294 g/mol. The molecule has 2 bridgehead atoms. The zero-order valence-electron chi connectivity index (χ0n) is 12.1. The number of piperidine rings is 1. The first-order valence-electron chi connectivity index (χ1n) is 7.53. The number of amides is 1. The Kier molecular flexibility index (Phi) is 3.93. The summed E-state index contributed by atoms with van der Waals surface area (Å²) >= 11 is 0. The Hall–Kier alpha value is -1.49. The molecule has 5 heteroatoms. The molecule has 1 aromatic carbocycles. The summed E-state index contributed by atoms with van der Waals surface area (Å²) in [5.74, 6) is -0.996. The van der Waals surface area contributed by atoms with Crippen LogP contribution in [0.4, 0.5) is 14.5 Å². The SMILES string of the molecule is Cc1cc(F)c(NC(=O)CC2CC3CCC(C2)N3)cc1F. The Balaban J connectivity index is 1.60. The van der Waals surface area contributed by atoms with Crippen LogP contribution in [0.25, 0.3) is 0 Å². The first-order valence-corrected chi connectivity index (χ1v) is 7.53. The van der Waals surface area contributed by atoms with Gasteiger partial charge in [0.15, 0.2) is 0 Å². The number of benzene rings is 1. The number of hydrogen-bond donors (Lipinski definition) is 2. The number of halogens is 2. The Morgan fingerprint density at radius 3 is 2.57 bits per heavy atom. The molecule has 2 saturated heterocycles. The van der Waals surface area contributed by atoms with Crippen molar-refractivity contribution in [3.05, 3.63) is 29.3 Å². The summed E-state index contributed by atoms with van der Waals surface area (Å²) in [5.41, 5.74) is 0.167. The van der Waals surface area contributed by atoms with Gasteiger partial charge in [-0.05, 0) is 50.2 Å². The molecule has 21 heavy (non-hydrogen) atoms. The fourth-order valence-electron chi connectivity index (χ4n) is 3.55. The van der Waals surface area contributed by atoms with Crippen molar-refractivity contribution in [2.75, 3.05) is 5.32 Å². The molecule has 1 amide bonds. The second kappa shape index (κ2) is 5.72. The molecular weight excluding hydrogens is 274 g/mol. The number of aryl methyl sites for hydroxylation is 1. The van der Waals surface area contributed by atoms with Gasteiger partial charge in [-0.2, -0.15) is 0 Å². The molecule has 2 aliphatic rings. The minimum Gasteiger partial charge on any atom is -0.324 e. The predicted octanol–water partition coefficient (Wildman–Crippen LogP) is 3.13. The maximum atomic E-state index is 13.7.